The lowest BCUT2D eigenvalue weighted by atomic mass is 9.98. The van der Waals surface area contributed by atoms with Crippen molar-refractivity contribution in [2.45, 2.75) is 99.2 Å². The summed E-state index contributed by atoms with van der Waals surface area (Å²) in [5, 5.41) is 135. The molecule has 0 radical (unpaired) electrons. The second-order valence-corrected chi connectivity index (χ2v) is 12.6. The zero-order chi connectivity index (χ0) is 37.8. The van der Waals surface area contributed by atoms with E-state index < -0.39 is 116 Å². The van der Waals surface area contributed by atoms with E-state index in [2.05, 4.69) is 0 Å². The van der Waals surface area contributed by atoms with Crippen LogP contribution in [-0.4, -0.2) is 165 Å². The number of hydrogen-bond acceptors (Lipinski definition) is 19. The Labute approximate surface area is 292 Å². The number of benzene rings is 2. The molecule has 1 aromatic heterocycles. The molecule has 4 heterocycles. The lowest BCUT2D eigenvalue weighted by molar-refractivity contribution is -0.406. The SMILES string of the molecule is C[C@H]1O[C@@H](O[C@H]2O[C@@H](Oc3cc4c(O)cc(O)cc4[o+]c3-c3ccc(O)c(O)c3)[C@H](O[C@@H]3O[C@H](CO)[C@@H](O)[C@H](O)[C@H]3O)[C@@H](O)[C@@H]2O)[C@@H](O)[C@@H](O)[C@@H]1O. The Balaban J connectivity index is 1.41. The summed E-state index contributed by atoms with van der Waals surface area (Å²) in [7, 11) is 0. The van der Waals surface area contributed by atoms with Gasteiger partial charge in [0.15, 0.2) is 36.5 Å². The van der Waals surface area contributed by atoms with E-state index in [4.69, 9.17) is 32.8 Å². The Morgan fingerprint density at radius 2 is 1.25 bits per heavy atom. The first-order valence-corrected chi connectivity index (χ1v) is 15.9. The Morgan fingerprint density at radius 3 is 1.92 bits per heavy atom. The second kappa shape index (κ2) is 15.0. The topological polar surface area (TPSA) is 330 Å². The number of rotatable bonds is 8. The van der Waals surface area contributed by atoms with E-state index in [1.165, 1.54) is 19.1 Å². The van der Waals surface area contributed by atoms with Gasteiger partial charge < -0.3 is 94.8 Å². The van der Waals surface area contributed by atoms with Gasteiger partial charge >= 0.3 is 11.3 Å². The van der Waals surface area contributed by atoms with Gasteiger partial charge in [-0.1, -0.05) is 0 Å². The van der Waals surface area contributed by atoms with Crippen LogP contribution in [0.25, 0.3) is 22.3 Å². The van der Waals surface area contributed by atoms with Crippen LogP contribution < -0.4 is 4.74 Å². The Kier molecular flexibility index (Phi) is 10.9. The van der Waals surface area contributed by atoms with E-state index in [0.29, 0.717) is 0 Å². The minimum absolute atomic E-state index is 0.0459. The van der Waals surface area contributed by atoms with Crippen LogP contribution in [0.5, 0.6) is 28.7 Å². The maximum atomic E-state index is 11.4. The van der Waals surface area contributed by atoms with Crippen LogP contribution in [0.15, 0.2) is 40.8 Å². The third kappa shape index (κ3) is 7.14. The van der Waals surface area contributed by atoms with Crippen LogP contribution in [0.3, 0.4) is 0 Å². The zero-order valence-electron chi connectivity index (χ0n) is 27.0. The maximum Gasteiger partial charge on any atom is 0.402 e. The molecule has 20 heteroatoms. The molecule has 13 N–H and O–H groups in total. The van der Waals surface area contributed by atoms with Gasteiger partial charge in [-0.05, 0) is 19.1 Å². The number of phenolic OH excluding ortho intramolecular Hbond substituents is 4. The third-order valence-electron chi connectivity index (χ3n) is 9.02. The Hall–Kier alpha value is -3.71. The van der Waals surface area contributed by atoms with E-state index in [1.807, 2.05) is 0 Å². The molecule has 0 aliphatic carbocycles. The molecule has 0 saturated carbocycles. The molecule has 286 valence electrons. The van der Waals surface area contributed by atoms with E-state index >= 15 is 0 Å². The lowest BCUT2D eigenvalue weighted by Crippen LogP contribution is -2.66. The van der Waals surface area contributed by atoms with E-state index in [-0.39, 0.29) is 33.8 Å². The normalized spacial score (nSPS) is 38.3. The van der Waals surface area contributed by atoms with E-state index in [1.54, 1.807) is 0 Å². The minimum atomic E-state index is -2.10. The molecule has 3 aliphatic rings. The summed E-state index contributed by atoms with van der Waals surface area (Å²) in [5.74, 6) is -2.54. The fraction of sp³-hybridized carbons (Fsp3) is 0.531. The minimum Gasteiger partial charge on any atom is -0.507 e. The highest BCUT2D eigenvalue weighted by Crippen LogP contribution is 2.43. The van der Waals surface area contributed by atoms with Crippen molar-refractivity contribution in [3.8, 4) is 40.1 Å². The van der Waals surface area contributed by atoms with E-state index in [0.717, 1.165) is 24.3 Å². The first-order valence-electron chi connectivity index (χ1n) is 15.9. The molecule has 3 fully saturated rings. The van der Waals surface area contributed by atoms with Gasteiger partial charge in [0.2, 0.25) is 12.0 Å². The fourth-order valence-corrected chi connectivity index (χ4v) is 6.01. The van der Waals surface area contributed by atoms with Crippen LogP contribution in [0.1, 0.15) is 6.92 Å². The van der Waals surface area contributed by atoms with Crippen molar-refractivity contribution in [3.05, 3.63) is 36.4 Å². The van der Waals surface area contributed by atoms with Gasteiger partial charge in [0, 0.05) is 18.2 Å². The van der Waals surface area contributed by atoms with Crippen LogP contribution in [-0.2, 0) is 23.7 Å². The number of aliphatic hydroxyl groups is 9. The van der Waals surface area contributed by atoms with Crippen LogP contribution in [0.4, 0.5) is 0 Å². The highest BCUT2D eigenvalue weighted by Gasteiger charge is 2.54. The highest BCUT2D eigenvalue weighted by atomic mass is 16.8. The number of aliphatic hydroxyl groups excluding tert-OH is 9. The van der Waals surface area contributed by atoms with Crippen LogP contribution in [0.2, 0.25) is 0 Å². The zero-order valence-corrected chi connectivity index (χ0v) is 27.0. The first kappa shape index (κ1) is 38.0. The molecule has 3 aliphatic heterocycles. The number of ether oxygens (including phenoxy) is 6. The van der Waals surface area contributed by atoms with Crippen molar-refractivity contribution in [1.29, 1.82) is 0 Å². The predicted molar refractivity (Wildman–Crippen MR) is 166 cm³/mol. The van der Waals surface area contributed by atoms with Gasteiger partial charge in [-0.25, -0.2) is 4.42 Å². The van der Waals surface area contributed by atoms with Crippen molar-refractivity contribution in [3.63, 3.8) is 0 Å². The molecular formula is C32H39O20+. The molecule has 0 unspecified atom stereocenters. The third-order valence-corrected chi connectivity index (χ3v) is 9.02. The van der Waals surface area contributed by atoms with Gasteiger partial charge in [0.25, 0.3) is 0 Å². The summed E-state index contributed by atoms with van der Waals surface area (Å²) in [5.41, 5.74) is -0.0491. The van der Waals surface area contributed by atoms with Crippen LogP contribution >= 0.6 is 0 Å². The molecule has 0 amide bonds. The quantitative estimate of drug-likeness (QED) is 0.0808. The summed E-state index contributed by atoms with van der Waals surface area (Å²) in [6.45, 7) is 0.524. The summed E-state index contributed by atoms with van der Waals surface area (Å²) in [4.78, 5) is 0. The molecule has 6 rings (SSSR count). The summed E-state index contributed by atoms with van der Waals surface area (Å²) in [6, 6.07) is 6.82. The average molecular weight is 744 g/mol. The Morgan fingerprint density at radius 1 is 0.615 bits per heavy atom. The van der Waals surface area contributed by atoms with Gasteiger partial charge in [-0.15, -0.1) is 0 Å². The molecule has 20 nitrogen and oxygen atoms in total. The smallest absolute Gasteiger partial charge is 0.402 e. The monoisotopic (exact) mass is 743 g/mol. The largest absolute Gasteiger partial charge is 0.507 e. The van der Waals surface area contributed by atoms with Crippen LogP contribution in [0, 0.1) is 0 Å². The second-order valence-electron chi connectivity index (χ2n) is 12.6. The number of phenols is 4. The molecule has 2 aromatic carbocycles. The molecule has 52 heavy (non-hydrogen) atoms. The number of hydrogen-bond donors (Lipinski definition) is 13. The predicted octanol–water partition coefficient (Wildman–Crippen LogP) is -2.98. The Bertz CT molecular complexity index is 1720. The summed E-state index contributed by atoms with van der Waals surface area (Å²) >= 11 is 0. The number of fused-ring (bicyclic) bond motifs is 1. The molecule has 15 atom stereocenters. The van der Waals surface area contributed by atoms with Crippen molar-refractivity contribution < 1.29 is 99.2 Å². The maximum absolute atomic E-state index is 11.4. The van der Waals surface area contributed by atoms with Gasteiger partial charge in [0.05, 0.1) is 24.3 Å². The summed E-state index contributed by atoms with van der Waals surface area (Å²) in [6.07, 6.45) is -27.1. The van der Waals surface area contributed by atoms with Gasteiger partial charge in [-0.3, -0.25) is 0 Å². The summed E-state index contributed by atoms with van der Waals surface area (Å²) < 4.78 is 40.1. The highest BCUT2D eigenvalue weighted by molar-refractivity contribution is 5.88. The molecule has 3 saturated heterocycles. The first-order chi connectivity index (χ1) is 24.6. The van der Waals surface area contributed by atoms with Gasteiger partial charge in [0.1, 0.15) is 71.8 Å². The fourth-order valence-electron chi connectivity index (χ4n) is 6.01. The van der Waals surface area contributed by atoms with Crippen molar-refractivity contribution in [2.75, 3.05) is 6.61 Å². The standard InChI is InChI=1S/C32H38O20/c1-9-19(38)21(40)24(43)29(46-9)51-31-26(45)23(42)28(50-30-25(44)22(41)20(39)18(8-33)49-30)32(52-31)48-17-7-12-14(36)5-11(34)6-16(12)47-27(17)10-2-3-13(35)15(37)4-10/h2-7,9,18-26,28-33,38-45H,8H2,1H3,(H3-,34,35,36,37)/p+1/t9-,18-,19-,20-,21+,22+,23+,24+,25-,26+,28-,29+,30+,31+,32-/m1/s1. The molecular weight excluding hydrogens is 704 g/mol. The van der Waals surface area contributed by atoms with Crippen molar-refractivity contribution in [1.82, 2.24) is 0 Å². The molecule has 0 bridgehead atoms. The van der Waals surface area contributed by atoms with Crippen molar-refractivity contribution in [2.24, 2.45) is 0 Å². The molecule has 0 spiro atoms. The van der Waals surface area contributed by atoms with Gasteiger partial charge in [-0.2, -0.15) is 0 Å². The average Bonchev–Trinajstić information content (AvgIpc) is 3.11. The molecule has 3 aromatic rings. The lowest BCUT2D eigenvalue weighted by Gasteiger charge is -2.47. The number of aromatic hydroxyl groups is 4. The van der Waals surface area contributed by atoms with Crippen molar-refractivity contribution >= 4 is 11.0 Å². The van der Waals surface area contributed by atoms with E-state index in [9.17, 15) is 66.4 Å².